The van der Waals surface area contributed by atoms with Gasteiger partial charge < -0.3 is 15.5 Å². The van der Waals surface area contributed by atoms with Crippen LogP contribution in [-0.4, -0.2) is 47.3 Å². The number of halogens is 1. The van der Waals surface area contributed by atoms with Gasteiger partial charge in [-0.2, -0.15) is 0 Å². The Morgan fingerprint density at radius 3 is 2.82 bits per heavy atom. The van der Waals surface area contributed by atoms with Gasteiger partial charge in [0.15, 0.2) is 0 Å². The topological polar surface area (TPSA) is 78.5 Å². The van der Waals surface area contributed by atoms with E-state index < -0.39 is 12.1 Å². The molecular weight excluding hydrogens is 306 g/mol. The lowest BCUT2D eigenvalue weighted by Crippen LogP contribution is -2.60. The van der Waals surface area contributed by atoms with Crippen molar-refractivity contribution in [1.29, 1.82) is 0 Å². The molecule has 0 radical (unpaired) electrons. The molecule has 2 N–H and O–H groups in total. The summed E-state index contributed by atoms with van der Waals surface area (Å²) in [4.78, 5) is 37.8. The van der Waals surface area contributed by atoms with E-state index in [4.69, 9.17) is 11.6 Å². The highest BCUT2D eigenvalue weighted by atomic mass is 35.5. The summed E-state index contributed by atoms with van der Waals surface area (Å²) in [5.41, 5.74) is 0.387. The highest BCUT2D eigenvalue weighted by Crippen LogP contribution is 2.23. The Hall–Kier alpha value is -2.08. The summed E-state index contributed by atoms with van der Waals surface area (Å²) in [5, 5.41) is 5.88. The summed E-state index contributed by atoms with van der Waals surface area (Å²) in [5.74, 6) is -0.572. The second kappa shape index (κ2) is 5.61. The number of benzene rings is 1. The van der Waals surface area contributed by atoms with Crippen molar-refractivity contribution in [3.63, 3.8) is 0 Å². The van der Waals surface area contributed by atoms with Gasteiger partial charge in [-0.1, -0.05) is 23.7 Å². The molecule has 3 rings (SSSR count). The Kier molecular flexibility index (Phi) is 3.78. The van der Waals surface area contributed by atoms with Crippen molar-refractivity contribution in [2.24, 2.45) is 0 Å². The summed E-state index contributed by atoms with van der Waals surface area (Å²) < 4.78 is 0. The molecule has 2 heterocycles. The lowest BCUT2D eigenvalue weighted by Gasteiger charge is -2.32. The Balaban J connectivity index is 1.71. The number of carbonyl (C=O) groups excluding carboxylic acids is 3. The molecule has 0 spiro atoms. The van der Waals surface area contributed by atoms with Crippen LogP contribution in [0.15, 0.2) is 24.3 Å². The molecule has 2 fully saturated rings. The van der Waals surface area contributed by atoms with Gasteiger partial charge in [0.2, 0.25) is 11.8 Å². The first kappa shape index (κ1) is 14.8. The molecule has 0 aromatic heterocycles. The number of hydrogen-bond acceptors (Lipinski definition) is 3. The first-order valence-corrected chi connectivity index (χ1v) is 7.51. The Bertz CT molecular complexity index is 649. The fourth-order valence-corrected chi connectivity index (χ4v) is 3.18. The molecule has 1 aromatic carbocycles. The Labute approximate surface area is 132 Å². The molecule has 7 heteroatoms. The maximum atomic E-state index is 12.3. The smallest absolute Gasteiger partial charge is 0.253 e. The summed E-state index contributed by atoms with van der Waals surface area (Å²) >= 11 is 6.00. The minimum atomic E-state index is -0.512. The number of nitrogens with zero attached hydrogens (tertiary/aromatic N) is 1. The first-order chi connectivity index (χ1) is 10.5. The van der Waals surface area contributed by atoms with E-state index in [0.717, 1.165) is 0 Å². The number of amides is 3. The fourth-order valence-electron chi connectivity index (χ4n) is 2.96. The predicted octanol–water partition coefficient (Wildman–Crippen LogP) is 0.558. The Morgan fingerprint density at radius 1 is 1.36 bits per heavy atom. The van der Waals surface area contributed by atoms with Gasteiger partial charge in [0.25, 0.3) is 5.91 Å². The van der Waals surface area contributed by atoms with Crippen molar-refractivity contribution >= 4 is 29.3 Å². The number of fused-ring (bicyclic) bond motifs is 1. The normalized spacial score (nSPS) is 27.4. The molecule has 0 saturated carbocycles. The molecule has 22 heavy (non-hydrogen) atoms. The zero-order valence-corrected chi connectivity index (χ0v) is 12.8. The van der Waals surface area contributed by atoms with Crippen molar-refractivity contribution in [3.05, 3.63) is 34.9 Å². The molecule has 3 atom stereocenters. The summed E-state index contributed by atoms with van der Waals surface area (Å²) in [6, 6.07) is 5.50. The SMILES string of the molecule is C[C@@H]1NC(=O)[C@@H]2C[C@H](NC(=O)c3ccccc3Cl)CN2C1=O. The number of rotatable bonds is 2. The molecule has 1 aromatic rings. The molecule has 2 aliphatic rings. The second-order valence-electron chi connectivity index (χ2n) is 5.62. The van der Waals surface area contributed by atoms with Crippen molar-refractivity contribution in [2.45, 2.75) is 31.5 Å². The number of nitrogens with one attached hydrogen (secondary N) is 2. The lowest BCUT2D eigenvalue weighted by atomic mass is 10.1. The first-order valence-electron chi connectivity index (χ1n) is 7.13. The maximum Gasteiger partial charge on any atom is 0.253 e. The number of carbonyl (C=O) groups is 3. The van der Waals surface area contributed by atoms with Gasteiger partial charge in [-0.25, -0.2) is 0 Å². The molecule has 2 saturated heterocycles. The zero-order chi connectivity index (χ0) is 15.9. The van der Waals surface area contributed by atoms with Crippen LogP contribution in [0.5, 0.6) is 0 Å². The van der Waals surface area contributed by atoms with Crippen molar-refractivity contribution in [2.75, 3.05) is 6.54 Å². The zero-order valence-electron chi connectivity index (χ0n) is 12.0. The van der Waals surface area contributed by atoms with Gasteiger partial charge in [-0.3, -0.25) is 14.4 Å². The molecule has 6 nitrogen and oxygen atoms in total. The maximum absolute atomic E-state index is 12.3. The molecule has 116 valence electrons. The molecule has 0 unspecified atom stereocenters. The third kappa shape index (κ3) is 2.54. The van der Waals surface area contributed by atoms with Gasteiger partial charge in [0.1, 0.15) is 12.1 Å². The van der Waals surface area contributed by atoms with E-state index in [0.29, 0.717) is 23.6 Å². The van der Waals surface area contributed by atoms with Crippen LogP contribution in [0.25, 0.3) is 0 Å². The number of hydrogen-bond donors (Lipinski definition) is 2. The van der Waals surface area contributed by atoms with Crippen LogP contribution >= 0.6 is 11.6 Å². The third-order valence-corrected chi connectivity index (χ3v) is 4.40. The fraction of sp³-hybridized carbons (Fsp3) is 0.400. The monoisotopic (exact) mass is 321 g/mol. The molecule has 3 amide bonds. The molecule has 0 aliphatic carbocycles. The lowest BCUT2D eigenvalue weighted by molar-refractivity contribution is -0.146. The van der Waals surface area contributed by atoms with Crippen molar-refractivity contribution in [3.8, 4) is 0 Å². The van der Waals surface area contributed by atoms with E-state index in [2.05, 4.69) is 10.6 Å². The highest BCUT2D eigenvalue weighted by molar-refractivity contribution is 6.33. The second-order valence-corrected chi connectivity index (χ2v) is 6.03. The molecule has 0 bridgehead atoms. The summed E-state index contributed by atoms with van der Waals surface area (Å²) in [6.07, 6.45) is 0.417. The van der Waals surface area contributed by atoms with E-state index in [1.807, 2.05) is 0 Å². The van der Waals surface area contributed by atoms with Crippen LogP contribution in [0.4, 0.5) is 0 Å². The predicted molar refractivity (Wildman–Crippen MR) is 80.4 cm³/mol. The van der Waals surface area contributed by atoms with Crippen LogP contribution in [0.3, 0.4) is 0 Å². The minimum Gasteiger partial charge on any atom is -0.347 e. The van der Waals surface area contributed by atoms with E-state index in [-0.39, 0.29) is 23.8 Å². The molecule has 2 aliphatic heterocycles. The van der Waals surface area contributed by atoms with Gasteiger partial charge >= 0.3 is 0 Å². The highest BCUT2D eigenvalue weighted by Gasteiger charge is 2.45. The van der Waals surface area contributed by atoms with Crippen LogP contribution < -0.4 is 10.6 Å². The van der Waals surface area contributed by atoms with Gasteiger partial charge in [-0.15, -0.1) is 0 Å². The van der Waals surface area contributed by atoms with E-state index >= 15 is 0 Å². The third-order valence-electron chi connectivity index (χ3n) is 4.07. The van der Waals surface area contributed by atoms with Crippen molar-refractivity contribution < 1.29 is 14.4 Å². The standard InChI is InChI=1S/C15H16ClN3O3/c1-8-15(22)19-7-9(6-12(19)14(21)17-8)18-13(20)10-4-2-3-5-11(10)16/h2-5,8-9,12H,6-7H2,1H3,(H,17,21)(H,18,20)/t8-,9-,12-/m0/s1. The average molecular weight is 322 g/mol. The van der Waals surface area contributed by atoms with Gasteiger partial charge in [-0.05, 0) is 25.5 Å². The summed E-state index contributed by atoms with van der Waals surface area (Å²) in [6.45, 7) is 2.00. The molecular formula is C15H16ClN3O3. The van der Waals surface area contributed by atoms with Gasteiger partial charge in [0, 0.05) is 12.6 Å². The largest absolute Gasteiger partial charge is 0.347 e. The summed E-state index contributed by atoms with van der Waals surface area (Å²) in [7, 11) is 0. The number of piperazine rings is 1. The van der Waals surface area contributed by atoms with Crippen LogP contribution in [0, 0.1) is 0 Å². The van der Waals surface area contributed by atoms with E-state index in [1.54, 1.807) is 36.1 Å². The van der Waals surface area contributed by atoms with Crippen LogP contribution in [-0.2, 0) is 9.59 Å². The van der Waals surface area contributed by atoms with Crippen LogP contribution in [0.2, 0.25) is 5.02 Å². The quantitative estimate of drug-likeness (QED) is 0.835. The van der Waals surface area contributed by atoms with E-state index in [9.17, 15) is 14.4 Å². The van der Waals surface area contributed by atoms with Crippen molar-refractivity contribution in [1.82, 2.24) is 15.5 Å². The average Bonchev–Trinajstić information content (AvgIpc) is 2.90. The van der Waals surface area contributed by atoms with Crippen LogP contribution in [0.1, 0.15) is 23.7 Å². The van der Waals surface area contributed by atoms with E-state index in [1.165, 1.54) is 0 Å². The Morgan fingerprint density at radius 2 is 2.09 bits per heavy atom. The van der Waals surface area contributed by atoms with Gasteiger partial charge in [0.05, 0.1) is 10.6 Å². The minimum absolute atomic E-state index is 0.112.